The molecule has 0 bridgehead atoms. The van der Waals surface area contributed by atoms with Crippen molar-refractivity contribution in [3.05, 3.63) is 23.7 Å². The summed E-state index contributed by atoms with van der Waals surface area (Å²) >= 11 is 1.47. The average molecular weight is 555 g/mol. The second-order valence-corrected chi connectivity index (χ2v) is 10.7. The van der Waals surface area contributed by atoms with Gasteiger partial charge in [0, 0.05) is 31.2 Å². The number of nitrogens with zero attached hydrogens (tertiary/aromatic N) is 4. The monoisotopic (exact) mass is 554 g/mol. The van der Waals surface area contributed by atoms with Crippen molar-refractivity contribution in [2.75, 3.05) is 37.0 Å². The molecular weight excluding hydrogens is 525 g/mol. The fraction of sp³-hybridized carbons (Fsp3) is 0.583. The largest absolute Gasteiger partial charge is 0.411 e. The second-order valence-electron chi connectivity index (χ2n) is 9.70. The molecule has 10 nitrogen and oxygen atoms in total. The third-order valence-electron chi connectivity index (χ3n) is 6.76. The normalized spacial score (nSPS) is 23.8. The van der Waals surface area contributed by atoms with Crippen molar-refractivity contribution in [3.8, 4) is 10.6 Å². The molecule has 3 aromatic rings. The molecule has 2 saturated carbocycles. The van der Waals surface area contributed by atoms with Crippen LogP contribution in [0.2, 0.25) is 0 Å². The van der Waals surface area contributed by atoms with Crippen molar-refractivity contribution < 1.29 is 33.2 Å². The zero-order chi connectivity index (χ0) is 27.0. The van der Waals surface area contributed by atoms with Crippen molar-refractivity contribution in [3.63, 3.8) is 0 Å². The molecule has 0 spiro atoms. The fourth-order valence-corrected chi connectivity index (χ4v) is 5.76. The Kier molecular flexibility index (Phi) is 7.69. The van der Waals surface area contributed by atoms with E-state index in [0.29, 0.717) is 34.4 Å². The Labute approximate surface area is 220 Å². The lowest BCUT2D eigenvalue weighted by Gasteiger charge is -2.21. The molecule has 2 fully saturated rings. The summed E-state index contributed by atoms with van der Waals surface area (Å²) in [5, 5.41) is 37.2. The van der Waals surface area contributed by atoms with E-state index in [-0.39, 0.29) is 25.7 Å². The molecule has 3 heterocycles. The van der Waals surface area contributed by atoms with Crippen LogP contribution in [0.25, 0.3) is 20.8 Å². The van der Waals surface area contributed by atoms with Gasteiger partial charge in [0.1, 0.15) is 29.1 Å². The molecule has 4 unspecified atom stereocenters. The van der Waals surface area contributed by atoms with Gasteiger partial charge in [-0.3, -0.25) is 4.98 Å². The van der Waals surface area contributed by atoms with Gasteiger partial charge >= 0.3 is 6.18 Å². The van der Waals surface area contributed by atoms with E-state index >= 15 is 0 Å². The number of aromatic nitrogens is 4. The van der Waals surface area contributed by atoms with Crippen molar-refractivity contribution in [1.82, 2.24) is 19.9 Å². The minimum absolute atomic E-state index is 0.0449. The summed E-state index contributed by atoms with van der Waals surface area (Å²) in [5.41, 5.74) is 2.98. The zero-order valence-electron chi connectivity index (χ0n) is 20.6. The highest BCUT2D eigenvalue weighted by Crippen LogP contribution is 2.44. The number of aryl methyl sites for hydroxylation is 1. The van der Waals surface area contributed by atoms with Crippen LogP contribution in [0.1, 0.15) is 36.6 Å². The fourth-order valence-electron chi connectivity index (χ4n) is 4.70. The molecule has 0 radical (unpaired) electrons. The molecule has 206 valence electrons. The number of rotatable bonds is 10. The summed E-state index contributed by atoms with van der Waals surface area (Å²) in [4.78, 5) is 18.5. The summed E-state index contributed by atoms with van der Waals surface area (Å²) in [7, 11) is 0. The summed E-state index contributed by atoms with van der Waals surface area (Å²) < 4.78 is 42.6. The van der Waals surface area contributed by atoms with E-state index in [1.54, 1.807) is 13.1 Å². The third-order valence-corrected chi connectivity index (χ3v) is 7.80. The molecule has 0 amide bonds. The molecule has 5 N–H and O–H groups in total. The van der Waals surface area contributed by atoms with Gasteiger partial charge in [-0.05, 0) is 32.3 Å². The number of aliphatic hydroxyl groups is 3. The third kappa shape index (κ3) is 5.83. The molecular formula is C24H29F3N6O4S. The number of hydrogen-bond acceptors (Lipinski definition) is 11. The lowest BCUT2D eigenvalue weighted by Crippen LogP contribution is -2.35. The van der Waals surface area contributed by atoms with Gasteiger partial charge in [0.2, 0.25) is 5.95 Å². The Balaban J connectivity index is 1.45. The number of fused-ring (bicyclic) bond motifs is 1. The maximum atomic E-state index is 12.3. The van der Waals surface area contributed by atoms with Crippen molar-refractivity contribution in [2.45, 2.75) is 56.5 Å². The highest BCUT2D eigenvalue weighted by Gasteiger charge is 2.41. The van der Waals surface area contributed by atoms with Crippen LogP contribution in [-0.2, 0) is 4.74 Å². The molecule has 2 aliphatic rings. The molecule has 5 rings (SSSR count). The first kappa shape index (κ1) is 26.9. The van der Waals surface area contributed by atoms with Gasteiger partial charge in [-0.1, -0.05) is 0 Å². The van der Waals surface area contributed by atoms with Crippen LogP contribution in [0.4, 0.5) is 24.9 Å². The standard InChI is InChI=1S/C24H29F3N6O4S/c1-11-16(22-32-18-15(38-22)4-5-28-17(18)12-2-3-12)21(31-14-8-13(9-34)19(35)20(14)36)33-23(30-11)29-6-7-37-10-24(25,26)27/h4-5,12-14,19-20,34-36H,2-3,6-10H2,1H3,(H2,29,30,31,33). The van der Waals surface area contributed by atoms with E-state index in [9.17, 15) is 28.5 Å². The molecule has 4 atom stereocenters. The summed E-state index contributed by atoms with van der Waals surface area (Å²) in [6.07, 6.45) is -2.39. The molecule has 0 aromatic carbocycles. The zero-order valence-corrected chi connectivity index (χ0v) is 21.4. The number of pyridine rings is 1. The predicted octanol–water partition coefficient (Wildman–Crippen LogP) is 2.84. The van der Waals surface area contributed by atoms with Crippen LogP contribution < -0.4 is 10.6 Å². The minimum atomic E-state index is -4.41. The minimum Gasteiger partial charge on any atom is -0.396 e. The molecule has 0 aliphatic heterocycles. The molecule has 14 heteroatoms. The molecule has 0 saturated heterocycles. The Hall–Kier alpha value is -2.65. The number of halogens is 3. The Morgan fingerprint density at radius 1 is 1.16 bits per heavy atom. The number of alkyl halides is 3. The summed E-state index contributed by atoms with van der Waals surface area (Å²) in [6, 6.07) is 1.31. The first-order chi connectivity index (χ1) is 18.1. The van der Waals surface area contributed by atoms with E-state index in [1.807, 2.05) is 6.07 Å². The Morgan fingerprint density at radius 3 is 2.63 bits per heavy atom. The first-order valence-electron chi connectivity index (χ1n) is 12.4. The number of hydrogen-bond donors (Lipinski definition) is 5. The van der Waals surface area contributed by atoms with E-state index in [2.05, 4.69) is 30.3 Å². The van der Waals surface area contributed by atoms with Gasteiger partial charge in [0.05, 0.1) is 40.4 Å². The van der Waals surface area contributed by atoms with Crippen LogP contribution in [0.5, 0.6) is 0 Å². The smallest absolute Gasteiger partial charge is 0.396 e. The van der Waals surface area contributed by atoms with Gasteiger partial charge in [-0.2, -0.15) is 18.2 Å². The van der Waals surface area contributed by atoms with Crippen molar-refractivity contribution >= 4 is 33.3 Å². The maximum absolute atomic E-state index is 12.3. The summed E-state index contributed by atoms with van der Waals surface area (Å²) in [5.74, 6) is 0.427. The van der Waals surface area contributed by atoms with Crippen LogP contribution >= 0.6 is 11.3 Å². The van der Waals surface area contributed by atoms with Gasteiger partial charge in [-0.25, -0.2) is 9.97 Å². The number of aliphatic hydroxyl groups excluding tert-OH is 3. The topological polar surface area (TPSA) is 146 Å². The van der Waals surface area contributed by atoms with Crippen molar-refractivity contribution in [1.29, 1.82) is 0 Å². The van der Waals surface area contributed by atoms with Gasteiger partial charge in [-0.15, -0.1) is 11.3 Å². The van der Waals surface area contributed by atoms with E-state index in [1.165, 1.54) is 11.3 Å². The highest BCUT2D eigenvalue weighted by atomic mass is 32.1. The summed E-state index contributed by atoms with van der Waals surface area (Å²) in [6.45, 7) is 0.00140. The van der Waals surface area contributed by atoms with Gasteiger partial charge in [0.15, 0.2) is 0 Å². The van der Waals surface area contributed by atoms with Crippen molar-refractivity contribution in [2.24, 2.45) is 5.92 Å². The molecule has 3 aromatic heterocycles. The van der Waals surface area contributed by atoms with Crippen LogP contribution in [-0.4, -0.2) is 86.0 Å². The van der Waals surface area contributed by atoms with Gasteiger partial charge in [0.25, 0.3) is 0 Å². The van der Waals surface area contributed by atoms with E-state index in [4.69, 9.17) is 4.98 Å². The SMILES string of the molecule is Cc1nc(NCCOCC(F)(F)F)nc(NC2CC(CO)C(O)C2O)c1-c1nc2c(C3CC3)nccc2s1. The lowest BCUT2D eigenvalue weighted by atomic mass is 10.1. The number of anilines is 2. The Bertz CT molecular complexity index is 1290. The predicted molar refractivity (Wildman–Crippen MR) is 135 cm³/mol. The molecule has 2 aliphatic carbocycles. The second kappa shape index (κ2) is 10.8. The highest BCUT2D eigenvalue weighted by molar-refractivity contribution is 7.21. The lowest BCUT2D eigenvalue weighted by molar-refractivity contribution is -0.172. The maximum Gasteiger partial charge on any atom is 0.411 e. The van der Waals surface area contributed by atoms with Gasteiger partial charge < -0.3 is 30.7 Å². The quantitative estimate of drug-likeness (QED) is 0.237. The number of thiazole rings is 1. The van der Waals surface area contributed by atoms with E-state index < -0.39 is 37.0 Å². The Morgan fingerprint density at radius 2 is 1.95 bits per heavy atom. The first-order valence-corrected chi connectivity index (χ1v) is 13.2. The van der Waals surface area contributed by atoms with Crippen LogP contribution in [0, 0.1) is 12.8 Å². The average Bonchev–Trinajstić information content (AvgIpc) is 3.56. The van der Waals surface area contributed by atoms with Crippen LogP contribution in [0.3, 0.4) is 0 Å². The van der Waals surface area contributed by atoms with E-state index in [0.717, 1.165) is 28.8 Å². The number of ether oxygens (including phenoxy) is 1. The number of nitrogens with one attached hydrogen (secondary N) is 2. The van der Waals surface area contributed by atoms with Crippen LogP contribution in [0.15, 0.2) is 12.3 Å². The molecule has 38 heavy (non-hydrogen) atoms.